The van der Waals surface area contributed by atoms with Crippen molar-refractivity contribution in [3.8, 4) is 0 Å². The molecule has 1 aromatic heterocycles. The van der Waals surface area contributed by atoms with Crippen molar-refractivity contribution < 1.29 is 14.3 Å². The molecule has 28 heavy (non-hydrogen) atoms. The first kappa shape index (κ1) is 19.4. The Bertz CT molecular complexity index is 682. The predicted molar refractivity (Wildman–Crippen MR) is 105 cm³/mol. The lowest BCUT2D eigenvalue weighted by Crippen LogP contribution is -2.64. The standard InChI is InChI=1S/C22H31N3O3/c1-28-21-20(17-8-12-23-13-9-17)25(22(21)27)18-10-14-24(15-11-18)19(26)7-6-16-4-2-3-5-16/h8-9,12-13,16,18,20-21H,2-7,10-11,14-15H2,1H3/t20-,21+/m0/s1. The Labute approximate surface area is 167 Å². The Balaban J connectivity index is 1.32. The molecule has 0 spiro atoms. The van der Waals surface area contributed by atoms with Crippen molar-refractivity contribution in [2.24, 2.45) is 5.92 Å². The molecule has 4 rings (SSSR count). The normalized spacial score (nSPS) is 26.5. The lowest BCUT2D eigenvalue weighted by molar-refractivity contribution is -0.178. The zero-order chi connectivity index (χ0) is 19.5. The summed E-state index contributed by atoms with van der Waals surface area (Å²) in [5, 5.41) is 0. The minimum absolute atomic E-state index is 0.0462. The SMILES string of the molecule is CO[C@H]1C(=O)N(C2CCN(C(=O)CCC3CCCC3)CC2)[C@H]1c1ccncc1. The van der Waals surface area contributed by atoms with Crippen molar-refractivity contribution >= 4 is 11.8 Å². The number of carbonyl (C=O) groups excluding carboxylic acids is 2. The van der Waals surface area contributed by atoms with E-state index in [9.17, 15) is 9.59 Å². The second-order valence-corrected chi connectivity index (χ2v) is 8.43. The summed E-state index contributed by atoms with van der Waals surface area (Å²) in [6.07, 6.45) is 11.8. The second-order valence-electron chi connectivity index (χ2n) is 8.43. The van der Waals surface area contributed by atoms with E-state index in [0.717, 1.165) is 43.8 Å². The maximum absolute atomic E-state index is 12.6. The second kappa shape index (κ2) is 8.60. The van der Waals surface area contributed by atoms with Gasteiger partial charge in [-0.2, -0.15) is 0 Å². The van der Waals surface area contributed by atoms with Gasteiger partial charge in [-0.15, -0.1) is 0 Å². The van der Waals surface area contributed by atoms with Crippen LogP contribution in [0.3, 0.4) is 0 Å². The predicted octanol–water partition coefficient (Wildman–Crippen LogP) is 2.94. The van der Waals surface area contributed by atoms with Crippen molar-refractivity contribution in [1.82, 2.24) is 14.8 Å². The molecule has 2 atom stereocenters. The number of hydrogen-bond acceptors (Lipinski definition) is 4. The number of hydrogen-bond donors (Lipinski definition) is 0. The topological polar surface area (TPSA) is 62.7 Å². The average molecular weight is 386 g/mol. The zero-order valence-electron chi connectivity index (χ0n) is 16.8. The van der Waals surface area contributed by atoms with Crippen LogP contribution in [-0.2, 0) is 14.3 Å². The molecular weight excluding hydrogens is 354 g/mol. The van der Waals surface area contributed by atoms with Gasteiger partial charge in [-0.3, -0.25) is 14.6 Å². The Morgan fingerprint density at radius 2 is 1.82 bits per heavy atom. The third kappa shape index (κ3) is 3.79. The summed E-state index contributed by atoms with van der Waals surface area (Å²) in [7, 11) is 1.60. The highest BCUT2D eigenvalue weighted by atomic mass is 16.5. The monoisotopic (exact) mass is 385 g/mol. The van der Waals surface area contributed by atoms with Crippen LogP contribution in [0.15, 0.2) is 24.5 Å². The van der Waals surface area contributed by atoms with Crippen LogP contribution in [0, 0.1) is 5.92 Å². The Kier molecular flexibility index (Phi) is 5.95. The summed E-state index contributed by atoms with van der Waals surface area (Å²) in [4.78, 5) is 33.3. The number of amides is 2. The molecule has 0 aromatic carbocycles. The van der Waals surface area contributed by atoms with Gasteiger partial charge in [-0.1, -0.05) is 25.7 Å². The maximum atomic E-state index is 12.6. The number of piperidine rings is 1. The van der Waals surface area contributed by atoms with Crippen LogP contribution in [0.25, 0.3) is 0 Å². The number of carbonyl (C=O) groups is 2. The highest BCUT2D eigenvalue weighted by Gasteiger charge is 2.51. The molecule has 2 aliphatic heterocycles. The number of aromatic nitrogens is 1. The molecule has 1 saturated carbocycles. The van der Waals surface area contributed by atoms with Gasteiger partial charge in [0, 0.05) is 45.1 Å². The van der Waals surface area contributed by atoms with E-state index in [1.54, 1.807) is 19.5 Å². The van der Waals surface area contributed by atoms with Gasteiger partial charge in [0.2, 0.25) is 5.91 Å². The van der Waals surface area contributed by atoms with Gasteiger partial charge in [0.25, 0.3) is 5.91 Å². The molecule has 0 N–H and O–H groups in total. The van der Waals surface area contributed by atoms with E-state index >= 15 is 0 Å². The summed E-state index contributed by atoms with van der Waals surface area (Å²) in [6, 6.07) is 4.04. The number of pyridine rings is 1. The molecule has 2 amide bonds. The van der Waals surface area contributed by atoms with Crippen molar-refractivity contribution in [2.75, 3.05) is 20.2 Å². The first-order chi connectivity index (χ1) is 13.7. The first-order valence-corrected chi connectivity index (χ1v) is 10.7. The van der Waals surface area contributed by atoms with Crippen LogP contribution in [0.1, 0.15) is 63.0 Å². The van der Waals surface area contributed by atoms with Crippen molar-refractivity contribution in [2.45, 2.75) is 69.6 Å². The molecule has 3 heterocycles. The highest BCUT2D eigenvalue weighted by Crippen LogP contribution is 2.40. The van der Waals surface area contributed by atoms with Crippen LogP contribution < -0.4 is 0 Å². The molecule has 1 aromatic rings. The fraction of sp³-hybridized carbons (Fsp3) is 0.682. The fourth-order valence-corrected chi connectivity index (χ4v) is 5.19. The molecule has 1 aliphatic carbocycles. The smallest absolute Gasteiger partial charge is 0.255 e. The highest BCUT2D eigenvalue weighted by molar-refractivity contribution is 5.89. The van der Waals surface area contributed by atoms with Crippen LogP contribution in [0.5, 0.6) is 0 Å². The van der Waals surface area contributed by atoms with Gasteiger partial charge >= 0.3 is 0 Å². The quantitative estimate of drug-likeness (QED) is 0.707. The number of methoxy groups -OCH3 is 1. The number of nitrogens with zero attached hydrogens (tertiary/aromatic N) is 3. The van der Waals surface area contributed by atoms with E-state index in [0.29, 0.717) is 12.3 Å². The summed E-state index contributed by atoms with van der Waals surface area (Å²) < 4.78 is 5.45. The van der Waals surface area contributed by atoms with Crippen LogP contribution >= 0.6 is 0 Å². The molecule has 6 nitrogen and oxygen atoms in total. The van der Waals surface area contributed by atoms with Gasteiger partial charge in [0.1, 0.15) is 0 Å². The van der Waals surface area contributed by atoms with Crippen LogP contribution in [-0.4, -0.2) is 58.9 Å². The van der Waals surface area contributed by atoms with E-state index in [-0.39, 0.29) is 18.0 Å². The lowest BCUT2D eigenvalue weighted by Gasteiger charge is -2.52. The summed E-state index contributed by atoms with van der Waals surface area (Å²) in [5.74, 6) is 1.11. The van der Waals surface area contributed by atoms with Gasteiger partial charge in [-0.25, -0.2) is 0 Å². The minimum atomic E-state index is -0.409. The van der Waals surface area contributed by atoms with E-state index in [1.165, 1.54) is 25.7 Å². The number of likely N-dealkylation sites (tertiary alicyclic amines) is 2. The lowest BCUT2D eigenvalue weighted by atomic mass is 9.86. The molecule has 0 bridgehead atoms. The Morgan fingerprint density at radius 1 is 1.14 bits per heavy atom. The third-order valence-electron chi connectivity index (χ3n) is 6.84. The Hall–Kier alpha value is -1.95. The first-order valence-electron chi connectivity index (χ1n) is 10.7. The minimum Gasteiger partial charge on any atom is -0.369 e. The van der Waals surface area contributed by atoms with Gasteiger partial charge < -0.3 is 14.5 Å². The fourth-order valence-electron chi connectivity index (χ4n) is 5.19. The maximum Gasteiger partial charge on any atom is 0.255 e. The van der Waals surface area contributed by atoms with Crippen LogP contribution in [0.2, 0.25) is 0 Å². The largest absolute Gasteiger partial charge is 0.369 e. The van der Waals surface area contributed by atoms with Gasteiger partial charge in [0.15, 0.2) is 6.10 Å². The summed E-state index contributed by atoms with van der Waals surface area (Å²) in [6.45, 7) is 1.50. The Morgan fingerprint density at radius 3 is 2.46 bits per heavy atom. The number of ether oxygens (including phenoxy) is 1. The molecule has 6 heteroatoms. The van der Waals surface area contributed by atoms with E-state index < -0.39 is 6.10 Å². The summed E-state index contributed by atoms with van der Waals surface area (Å²) >= 11 is 0. The van der Waals surface area contributed by atoms with E-state index in [4.69, 9.17) is 4.74 Å². The molecular formula is C22H31N3O3. The average Bonchev–Trinajstić information content (AvgIpc) is 3.25. The van der Waals surface area contributed by atoms with E-state index in [2.05, 4.69) is 4.98 Å². The van der Waals surface area contributed by atoms with E-state index in [1.807, 2.05) is 21.9 Å². The third-order valence-corrected chi connectivity index (χ3v) is 6.84. The van der Waals surface area contributed by atoms with Gasteiger partial charge in [-0.05, 0) is 42.9 Å². The molecule has 0 radical (unpaired) electrons. The molecule has 2 saturated heterocycles. The van der Waals surface area contributed by atoms with Crippen molar-refractivity contribution in [1.29, 1.82) is 0 Å². The van der Waals surface area contributed by atoms with Crippen molar-refractivity contribution in [3.63, 3.8) is 0 Å². The van der Waals surface area contributed by atoms with Crippen LogP contribution in [0.4, 0.5) is 0 Å². The molecule has 0 unspecified atom stereocenters. The molecule has 152 valence electrons. The van der Waals surface area contributed by atoms with Gasteiger partial charge in [0.05, 0.1) is 6.04 Å². The number of β-lactam (4-membered cyclic amide) rings is 1. The number of rotatable bonds is 6. The molecule has 3 aliphatic rings. The zero-order valence-corrected chi connectivity index (χ0v) is 16.8. The summed E-state index contributed by atoms with van der Waals surface area (Å²) in [5.41, 5.74) is 1.07. The van der Waals surface area contributed by atoms with Crippen molar-refractivity contribution in [3.05, 3.63) is 30.1 Å². The molecule has 3 fully saturated rings.